The van der Waals surface area contributed by atoms with E-state index >= 15 is 0 Å². The van der Waals surface area contributed by atoms with Crippen molar-refractivity contribution in [3.63, 3.8) is 0 Å². The van der Waals surface area contributed by atoms with Crippen LogP contribution >= 0.6 is 11.5 Å². The summed E-state index contributed by atoms with van der Waals surface area (Å²) in [5.74, 6) is 0. The maximum atomic E-state index is 12.3. The molecule has 1 aliphatic rings. The van der Waals surface area contributed by atoms with Crippen LogP contribution < -0.4 is 21.8 Å². The van der Waals surface area contributed by atoms with Gasteiger partial charge in [0.1, 0.15) is 5.39 Å². The minimum atomic E-state index is -0.334. The van der Waals surface area contributed by atoms with Gasteiger partial charge in [-0.1, -0.05) is 30.6 Å². The maximum absolute atomic E-state index is 12.3. The second-order valence-electron chi connectivity index (χ2n) is 6.44. The van der Waals surface area contributed by atoms with Crippen molar-refractivity contribution in [2.75, 3.05) is 18.0 Å². The standard InChI is InChI=1S/C18H20N4O2S/c1-2-13-15(20-17(23)14-16(13)25-21-18(14)24)10-3-5-12(6-4-10)22-8-7-11(19)9-22/h3-6,11H,2,7-9,19H2,1H3,(H,20,23)(H,21,24). The van der Waals surface area contributed by atoms with Crippen LogP contribution in [-0.2, 0) is 6.42 Å². The number of rotatable bonds is 3. The van der Waals surface area contributed by atoms with E-state index in [1.54, 1.807) is 0 Å². The number of pyridine rings is 1. The Morgan fingerprint density at radius 1 is 1.24 bits per heavy atom. The van der Waals surface area contributed by atoms with Gasteiger partial charge in [-0.3, -0.25) is 14.0 Å². The van der Waals surface area contributed by atoms with E-state index in [0.717, 1.165) is 53.1 Å². The van der Waals surface area contributed by atoms with Crippen LogP contribution in [0.15, 0.2) is 33.9 Å². The number of fused-ring (bicyclic) bond motifs is 1. The highest BCUT2D eigenvalue weighted by atomic mass is 32.1. The molecule has 3 aromatic rings. The summed E-state index contributed by atoms with van der Waals surface area (Å²) < 4.78 is 3.42. The summed E-state index contributed by atoms with van der Waals surface area (Å²) in [6, 6.07) is 8.40. The van der Waals surface area contributed by atoms with E-state index in [-0.39, 0.29) is 22.5 Å². The summed E-state index contributed by atoms with van der Waals surface area (Å²) in [4.78, 5) is 29.4. The third kappa shape index (κ3) is 2.69. The molecule has 7 heteroatoms. The highest BCUT2D eigenvalue weighted by molar-refractivity contribution is 7.13. The summed E-state index contributed by atoms with van der Waals surface area (Å²) in [7, 11) is 0. The van der Waals surface area contributed by atoms with Crippen molar-refractivity contribution >= 4 is 27.3 Å². The SMILES string of the molecule is CCc1c(-c2ccc(N3CCC(N)C3)cc2)[nH]c(=O)c2c(=O)[nH]sc12. The summed E-state index contributed by atoms with van der Waals surface area (Å²) in [5.41, 5.74) is 9.21. The van der Waals surface area contributed by atoms with Gasteiger partial charge in [-0.15, -0.1) is 0 Å². The van der Waals surface area contributed by atoms with Gasteiger partial charge < -0.3 is 15.6 Å². The van der Waals surface area contributed by atoms with E-state index in [2.05, 4.69) is 26.4 Å². The van der Waals surface area contributed by atoms with Gasteiger partial charge >= 0.3 is 0 Å². The number of nitrogens with zero attached hydrogens (tertiary/aromatic N) is 1. The van der Waals surface area contributed by atoms with Crippen LogP contribution in [-0.4, -0.2) is 28.5 Å². The highest BCUT2D eigenvalue weighted by Gasteiger charge is 2.20. The Hall–Kier alpha value is -2.38. The number of nitrogens with one attached hydrogen (secondary N) is 2. The van der Waals surface area contributed by atoms with Crippen molar-refractivity contribution < 1.29 is 0 Å². The van der Waals surface area contributed by atoms with Gasteiger partial charge in [0.25, 0.3) is 11.1 Å². The molecule has 0 aliphatic carbocycles. The molecule has 0 radical (unpaired) electrons. The molecule has 1 saturated heterocycles. The van der Waals surface area contributed by atoms with Crippen molar-refractivity contribution in [3.8, 4) is 11.3 Å². The van der Waals surface area contributed by atoms with Crippen LogP contribution in [0.4, 0.5) is 5.69 Å². The number of hydrogen-bond donors (Lipinski definition) is 3. The zero-order valence-corrected chi connectivity index (χ0v) is 14.8. The van der Waals surface area contributed by atoms with E-state index in [9.17, 15) is 9.59 Å². The maximum Gasteiger partial charge on any atom is 0.271 e. The summed E-state index contributed by atoms with van der Waals surface area (Å²) in [6.45, 7) is 3.88. The van der Waals surface area contributed by atoms with Gasteiger partial charge in [-0.05, 0) is 36.1 Å². The molecule has 1 fully saturated rings. The molecule has 0 amide bonds. The number of anilines is 1. The van der Waals surface area contributed by atoms with Crippen molar-refractivity contribution in [2.45, 2.75) is 25.8 Å². The monoisotopic (exact) mass is 356 g/mol. The molecule has 1 unspecified atom stereocenters. The Bertz CT molecular complexity index is 1030. The third-order valence-electron chi connectivity index (χ3n) is 4.84. The Labute approximate surface area is 148 Å². The molecule has 0 saturated carbocycles. The predicted molar refractivity (Wildman–Crippen MR) is 103 cm³/mol. The molecule has 3 heterocycles. The number of H-pyrrole nitrogens is 2. The molecule has 2 aromatic heterocycles. The molecule has 1 aliphatic heterocycles. The zero-order valence-electron chi connectivity index (χ0n) is 14.0. The van der Waals surface area contributed by atoms with Gasteiger partial charge in [0.05, 0.1) is 10.4 Å². The van der Waals surface area contributed by atoms with E-state index in [4.69, 9.17) is 5.73 Å². The fraction of sp³-hybridized carbons (Fsp3) is 0.333. The van der Waals surface area contributed by atoms with Crippen LogP contribution in [0.25, 0.3) is 21.3 Å². The highest BCUT2D eigenvalue weighted by Crippen LogP contribution is 2.29. The normalized spacial score (nSPS) is 17.5. The smallest absolute Gasteiger partial charge is 0.271 e. The van der Waals surface area contributed by atoms with Gasteiger partial charge in [-0.2, -0.15) is 0 Å². The molecular weight excluding hydrogens is 336 g/mol. The Morgan fingerprint density at radius 3 is 2.64 bits per heavy atom. The molecule has 0 spiro atoms. The Balaban J connectivity index is 1.79. The number of aromatic nitrogens is 2. The van der Waals surface area contributed by atoms with Crippen molar-refractivity contribution in [1.82, 2.24) is 9.36 Å². The van der Waals surface area contributed by atoms with Gasteiger partial charge in [-0.25, -0.2) is 0 Å². The van der Waals surface area contributed by atoms with Crippen molar-refractivity contribution in [2.24, 2.45) is 5.73 Å². The van der Waals surface area contributed by atoms with Crippen molar-refractivity contribution in [3.05, 3.63) is 50.5 Å². The lowest BCUT2D eigenvalue weighted by Gasteiger charge is -2.18. The molecular formula is C18H20N4O2S. The minimum absolute atomic E-state index is 0.230. The second kappa shape index (κ2) is 6.16. The average molecular weight is 356 g/mol. The first-order valence-corrected chi connectivity index (χ1v) is 9.27. The number of aromatic amines is 2. The first-order valence-electron chi connectivity index (χ1n) is 8.45. The van der Waals surface area contributed by atoms with E-state index in [1.165, 1.54) is 11.5 Å². The molecule has 6 nitrogen and oxygen atoms in total. The molecule has 25 heavy (non-hydrogen) atoms. The van der Waals surface area contributed by atoms with Gasteiger partial charge in [0.2, 0.25) is 0 Å². The fourth-order valence-electron chi connectivity index (χ4n) is 3.53. The largest absolute Gasteiger partial charge is 0.370 e. The predicted octanol–water partition coefficient (Wildman–Crippen LogP) is 2.04. The van der Waals surface area contributed by atoms with E-state index in [0.29, 0.717) is 0 Å². The molecule has 1 aromatic carbocycles. The van der Waals surface area contributed by atoms with E-state index in [1.807, 2.05) is 19.1 Å². The quantitative estimate of drug-likeness (QED) is 0.669. The fourth-order valence-corrected chi connectivity index (χ4v) is 4.48. The topological polar surface area (TPSA) is 95.0 Å². The summed E-state index contributed by atoms with van der Waals surface area (Å²) in [5, 5.41) is 0.230. The van der Waals surface area contributed by atoms with Crippen molar-refractivity contribution in [1.29, 1.82) is 0 Å². The van der Waals surface area contributed by atoms with Gasteiger partial charge in [0, 0.05) is 24.8 Å². The van der Waals surface area contributed by atoms with Crippen LogP contribution in [0.3, 0.4) is 0 Å². The summed E-state index contributed by atoms with van der Waals surface area (Å²) >= 11 is 1.23. The molecule has 130 valence electrons. The number of hydrogen-bond acceptors (Lipinski definition) is 5. The Morgan fingerprint density at radius 2 is 2.00 bits per heavy atom. The summed E-state index contributed by atoms with van der Waals surface area (Å²) in [6.07, 6.45) is 1.75. The van der Waals surface area contributed by atoms with Crippen LogP contribution in [0, 0.1) is 0 Å². The lowest BCUT2D eigenvalue weighted by atomic mass is 10.0. The molecule has 1 atom stereocenters. The van der Waals surface area contributed by atoms with Crippen LogP contribution in [0.2, 0.25) is 0 Å². The number of benzene rings is 1. The van der Waals surface area contributed by atoms with Crippen LogP contribution in [0.1, 0.15) is 18.9 Å². The first kappa shape index (κ1) is 16.1. The molecule has 4 rings (SSSR count). The van der Waals surface area contributed by atoms with Gasteiger partial charge in [0.15, 0.2) is 0 Å². The minimum Gasteiger partial charge on any atom is -0.370 e. The number of nitrogens with two attached hydrogens (primary N) is 1. The molecule has 0 bridgehead atoms. The third-order valence-corrected chi connectivity index (χ3v) is 5.78. The van der Waals surface area contributed by atoms with Crippen LogP contribution in [0.5, 0.6) is 0 Å². The lowest BCUT2D eigenvalue weighted by molar-refractivity contribution is 0.752. The number of aryl methyl sites for hydroxylation is 1. The second-order valence-corrected chi connectivity index (χ2v) is 7.26. The average Bonchev–Trinajstić information content (AvgIpc) is 3.22. The lowest BCUT2D eigenvalue weighted by Crippen LogP contribution is -2.26. The first-order chi connectivity index (χ1) is 12.1. The zero-order chi connectivity index (χ0) is 17.6. The molecule has 4 N–H and O–H groups in total. The van der Waals surface area contributed by atoms with E-state index < -0.39 is 0 Å². The Kier molecular flexibility index (Phi) is 3.97.